The van der Waals surface area contributed by atoms with Gasteiger partial charge in [-0.05, 0) is 56.8 Å². The fourth-order valence-corrected chi connectivity index (χ4v) is 10.1. The summed E-state index contributed by atoms with van der Waals surface area (Å²) < 4.78 is 72.7. The Bertz CT molecular complexity index is 1600. The van der Waals surface area contributed by atoms with Gasteiger partial charge in [-0.1, -0.05) is 146 Å². The van der Waals surface area contributed by atoms with Crippen LogP contribution in [0.4, 0.5) is 13.2 Å². The average Bonchev–Trinajstić information content (AvgIpc) is 3.43. The van der Waals surface area contributed by atoms with Crippen LogP contribution in [0.2, 0.25) is 0 Å². The Morgan fingerprint density at radius 3 is 1.21 bits per heavy atom. The molecule has 7 rings (SSSR count). The third kappa shape index (κ3) is 12.5. The molecule has 4 aromatic rings. The molecule has 0 spiro atoms. The average molecular weight is 855 g/mol. The molecule has 4 aromatic carbocycles. The molecule has 0 aromatic heterocycles. The van der Waals surface area contributed by atoms with Crippen LogP contribution in [0.15, 0.2) is 146 Å². The number of fused-ring (bicyclic) bond motifs is 1. The minimum Gasteiger partial charge on any atom is -0.741 e. The van der Waals surface area contributed by atoms with Crippen molar-refractivity contribution in [3.8, 4) is 0 Å². The molecule has 2 fully saturated rings. The van der Waals surface area contributed by atoms with E-state index in [0.717, 1.165) is 25.2 Å². The van der Waals surface area contributed by atoms with Gasteiger partial charge in [0.05, 0.1) is 28.5 Å². The maximum atomic E-state index is 10.7. The molecule has 3 aliphatic carbocycles. The number of hydrogen-bond acceptors (Lipinski definition) is 5. The molecule has 52 heavy (non-hydrogen) atoms. The van der Waals surface area contributed by atoms with Crippen molar-refractivity contribution in [2.45, 2.75) is 62.7 Å². The third-order valence-electron chi connectivity index (χ3n) is 8.79. The summed E-state index contributed by atoms with van der Waals surface area (Å²) in [4.78, 5) is 0. The first kappa shape index (κ1) is 42.2. The largest absolute Gasteiger partial charge is 1.00 e. The van der Waals surface area contributed by atoms with Crippen LogP contribution in [0.5, 0.6) is 0 Å². The monoisotopic (exact) mass is 855 g/mol. The quantitative estimate of drug-likeness (QED) is 0.0582. The second kappa shape index (κ2) is 20.8. The molecule has 277 valence electrons. The standard InChI is InChI=1S/C31H30O2P2.C8H12.CHF3O3S.Ru/c1-5-13-26(14-6-1)34(27-15-7-2-8-16-27)32-25-21-24-22-31(30(24)23-25)33-35(28-17-9-3-10-18-28)29-19-11-4-12-20-29;1-2-4-6-8-7-5-3-1;2-1(3,4)8(5,6)7;/h1-20,24-25,30-31H,21-23H2;1-2,7-8H,3-6H2;(H,5,6,7);/q;;;+1/p-1/b;2-1-,8-7-;;/t24-,25-,30-,31+;;;/m1.../s1. The zero-order valence-corrected chi connectivity index (χ0v) is 32.8. The number of rotatable bonds is 8. The second-order valence-corrected chi connectivity index (χ2v) is 17.5. The summed E-state index contributed by atoms with van der Waals surface area (Å²) in [5.41, 5.74) is -5.65. The number of benzene rings is 4. The second-order valence-electron chi connectivity index (χ2n) is 12.4. The Labute approximate surface area is 320 Å². The van der Waals surface area contributed by atoms with E-state index in [4.69, 9.17) is 22.0 Å². The van der Waals surface area contributed by atoms with Crippen LogP contribution >= 0.6 is 16.3 Å². The summed E-state index contributed by atoms with van der Waals surface area (Å²) in [6, 6.07) is 43.0. The van der Waals surface area contributed by atoms with Crippen molar-refractivity contribution in [2.24, 2.45) is 11.8 Å². The Kier molecular flexibility index (Phi) is 16.9. The van der Waals surface area contributed by atoms with E-state index in [9.17, 15) is 13.2 Å². The SMILES string of the molecule is C1=C\CC/C=C\CC/1.O=S(=O)([O-])C(F)(F)F.[Ru+].c1ccc(P(O[C@@H]2C[C@@H]3C[C@H](OP(c4ccccc4)c4ccccc4)[C@@H]3C2)c2ccccc2)cc1. The van der Waals surface area contributed by atoms with Gasteiger partial charge in [0.15, 0.2) is 10.1 Å². The van der Waals surface area contributed by atoms with E-state index < -0.39 is 31.9 Å². The summed E-state index contributed by atoms with van der Waals surface area (Å²) in [6.45, 7) is 0. The number of alkyl halides is 3. The molecular formula is C40H42F3O5P2RuS. The van der Waals surface area contributed by atoms with Crippen LogP contribution in [0.25, 0.3) is 0 Å². The van der Waals surface area contributed by atoms with Gasteiger partial charge in [0.25, 0.3) is 0 Å². The van der Waals surface area contributed by atoms with Gasteiger partial charge in [-0.2, -0.15) is 13.2 Å². The minimum atomic E-state index is -6.09. The fraction of sp³-hybridized carbons (Fsp3) is 0.300. The van der Waals surface area contributed by atoms with E-state index in [1.54, 1.807) is 0 Å². The first-order chi connectivity index (χ1) is 24.6. The van der Waals surface area contributed by atoms with E-state index in [1.807, 2.05) is 0 Å². The molecule has 0 bridgehead atoms. The topological polar surface area (TPSA) is 75.7 Å². The summed E-state index contributed by atoms with van der Waals surface area (Å²) in [6.07, 6.45) is 18.0. The maximum absolute atomic E-state index is 10.7. The van der Waals surface area contributed by atoms with Crippen molar-refractivity contribution in [3.05, 3.63) is 146 Å². The van der Waals surface area contributed by atoms with Gasteiger partial charge in [0, 0.05) is 21.2 Å². The van der Waals surface area contributed by atoms with Gasteiger partial charge in [-0.15, -0.1) is 0 Å². The predicted octanol–water partition coefficient (Wildman–Crippen LogP) is 9.00. The molecule has 4 atom stereocenters. The molecule has 0 heterocycles. The minimum absolute atomic E-state index is 0. The molecule has 0 aliphatic heterocycles. The van der Waals surface area contributed by atoms with Gasteiger partial charge < -0.3 is 13.6 Å². The Hall–Kier alpha value is -2.54. The van der Waals surface area contributed by atoms with Crippen molar-refractivity contribution in [1.29, 1.82) is 0 Å². The molecular weight excluding hydrogens is 813 g/mol. The molecule has 3 aliphatic rings. The van der Waals surface area contributed by atoms with Crippen LogP contribution in [-0.4, -0.2) is 30.7 Å². The van der Waals surface area contributed by atoms with Crippen molar-refractivity contribution >= 4 is 47.6 Å². The Morgan fingerprint density at radius 1 is 0.558 bits per heavy atom. The van der Waals surface area contributed by atoms with Crippen LogP contribution in [0.1, 0.15) is 44.9 Å². The van der Waals surface area contributed by atoms with E-state index in [0.29, 0.717) is 18.1 Å². The van der Waals surface area contributed by atoms with E-state index in [2.05, 4.69) is 146 Å². The number of halogens is 3. The van der Waals surface area contributed by atoms with Crippen LogP contribution < -0.4 is 21.2 Å². The van der Waals surface area contributed by atoms with Gasteiger partial charge >= 0.3 is 25.0 Å². The van der Waals surface area contributed by atoms with Crippen LogP contribution in [-0.2, 0) is 38.6 Å². The summed E-state index contributed by atoms with van der Waals surface area (Å²) in [5.74, 6) is 1.32. The number of allylic oxidation sites excluding steroid dienone is 4. The van der Waals surface area contributed by atoms with Crippen molar-refractivity contribution < 1.29 is 54.7 Å². The molecule has 1 radical (unpaired) electrons. The first-order valence-corrected chi connectivity index (χ1v) is 21.0. The van der Waals surface area contributed by atoms with E-state index >= 15 is 0 Å². The van der Waals surface area contributed by atoms with Gasteiger partial charge in [0.2, 0.25) is 0 Å². The molecule has 5 nitrogen and oxygen atoms in total. The molecule has 2 saturated carbocycles. The smallest absolute Gasteiger partial charge is 0.741 e. The van der Waals surface area contributed by atoms with Crippen LogP contribution in [0, 0.1) is 11.8 Å². The zero-order valence-electron chi connectivity index (χ0n) is 28.4. The molecule has 12 heteroatoms. The molecule has 0 saturated heterocycles. The number of hydrogen-bond donors (Lipinski definition) is 0. The molecule has 0 amide bonds. The normalized spacial score (nSPS) is 22.1. The molecule has 0 N–H and O–H groups in total. The van der Waals surface area contributed by atoms with Gasteiger partial charge in [-0.3, -0.25) is 0 Å². The van der Waals surface area contributed by atoms with E-state index in [1.165, 1.54) is 46.9 Å². The summed E-state index contributed by atoms with van der Waals surface area (Å²) in [5, 5.41) is 5.16. The zero-order chi connectivity index (χ0) is 36.1. The van der Waals surface area contributed by atoms with Crippen LogP contribution in [0.3, 0.4) is 0 Å². The van der Waals surface area contributed by atoms with Crippen molar-refractivity contribution in [1.82, 2.24) is 0 Å². The Morgan fingerprint density at radius 2 is 0.885 bits per heavy atom. The third-order valence-corrected chi connectivity index (χ3v) is 13.4. The van der Waals surface area contributed by atoms with Crippen molar-refractivity contribution in [3.63, 3.8) is 0 Å². The maximum Gasteiger partial charge on any atom is 1.00 e. The van der Waals surface area contributed by atoms with Gasteiger partial charge in [-0.25, -0.2) is 8.42 Å². The fourth-order valence-electron chi connectivity index (χ4n) is 6.25. The predicted molar refractivity (Wildman–Crippen MR) is 201 cm³/mol. The van der Waals surface area contributed by atoms with E-state index in [-0.39, 0.29) is 19.5 Å². The summed E-state index contributed by atoms with van der Waals surface area (Å²) in [7, 11) is -7.71. The molecule has 0 unspecified atom stereocenters. The van der Waals surface area contributed by atoms with Gasteiger partial charge in [0.1, 0.15) is 0 Å². The Balaban J connectivity index is 0.000000296. The van der Waals surface area contributed by atoms with Crippen molar-refractivity contribution in [2.75, 3.05) is 0 Å². The first-order valence-electron chi connectivity index (χ1n) is 17.1. The summed E-state index contributed by atoms with van der Waals surface area (Å²) >= 11 is 0.